The Morgan fingerprint density at radius 3 is 1.70 bits per heavy atom. The average Bonchev–Trinajstić information content (AvgIpc) is 1.60. The van der Waals surface area contributed by atoms with Crippen LogP contribution in [-0.2, 0) is 0 Å². The Morgan fingerprint density at radius 1 is 1.20 bits per heavy atom. The van der Waals surface area contributed by atoms with Gasteiger partial charge in [-0.1, -0.05) is 46.4 Å². The minimum Gasteiger partial charge on any atom is -0.253 e. The quantitative estimate of drug-likeness (QED) is 0.278. The number of carbonyl (C=O) groups is 1. The van der Waals surface area contributed by atoms with Crippen LogP contribution in [0.1, 0.15) is 0 Å². The zero-order chi connectivity index (χ0) is 8.36. The Kier molecular flexibility index (Phi) is 4.29. The number of alkyl halides is 3. The zero-order valence-corrected chi connectivity index (χ0v) is 8.02. The van der Waals surface area contributed by atoms with Gasteiger partial charge in [0.05, 0.1) is 0 Å². The number of nitrogens with zero attached hydrogens (tertiary/aromatic N) is 1. The molecule has 7 heteroatoms. The molecule has 0 aliphatic rings. The second-order valence-corrected chi connectivity index (χ2v) is 4.12. The Morgan fingerprint density at radius 2 is 1.60 bits per heavy atom. The molecule has 0 radical (unpaired) electrons. The highest BCUT2D eigenvalue weighted by atomic mass is 35.6. The van der Waals surface area contributed by atoms with E-state index in [-0.39, 0.29) is 0 Å². The minimum absolute atomic E-state index is 0.475. The summed E-state index contributed by atoms with van der Waals surface area (Å²) in [5.41, 5.74) is 0. The lowest BCUT2D eigenvalue weighted by Gasteiger charge is -2.05. The second-order valence-electron chi connectivity index (χ2n) is 1.15. The first-order valence-electron chi connectivity index (χ1n) is 1.85. The smallest absolute Gasteiger partial charge is 0.253 e. The highest BCUT2D eigenvalue weighted by Crippen LogP contribution is 2.29. The van der Waals surface area contributed by atoms with E-state index in [1.54, 1.807) is 0 Å². The molecule has 0 aromatic rings. The molecule has 0 spiro atoms. The Bertz CT molecular complexity index is 170. The lowest BCUT2D eigenvalue weighted by molar-refractivity contribution is 0.266. The third-order valence-electron chi connectivity index (χ3n) is 0.420. The molecule has 0 atom stereocenters. The third kappa shape index (κ3) is 4.58. The van der Waals surface area contributed by atoms with Gasteiger partial charge >= 0.3 is 5.37 Å². The molecule has 58 valence electrons. The number of hydrogen-bond acceptors (Lipinski definition) is 1. The summed E-state index contributed by atoms with van der Waals surface area (Å²) in [5.74, 6) is 0. The van der Waals surface area contributed by atoms with E-state index in [4.69, 9.17) is 58.0 Å². The van der Waals surface area contributed by atoms with E-state index >= 15 is 0 Å². The number of amides is 1. The van der Waals surface area contributed by atoms with Crippen molar-refractivity contribution < 1.29 is 4.79 Å². The molecule has 2 nitrogen and oxygen atoms in total. The number of carbonyl (C=O) groups excluding carboxylic acids is 1. The van der Waals surface area contributed by atoms with E-state index in [1.165, 1.54) is 0 Å². The normalized spacial score (nSPS) is 13.5. The van der Waals surface area contributed by atoms with Crippen LogP contribution in [0.4, 0.5) is 4.79 Å². The van der Waals surface area contributed by atoms with Crippen molar-refractivity contribution in [2.24, 2.45) is 4.99 Å². The van der Waals surface area contributed by atoms with Crippen molar-refractivity contribution in [1.82, 2.24) is 0 Å². The molecule has 0 saturated heterocycles. The van der Waals surface area contributed by atoms with Gasteiger partial charge in [-0.05, 0) is 11.6 Å². The van der Waals surface area contributed by atoms with Gasteiger partial charge in [0, 0.05) is 0 Å². The Hall–Kier alpha value is 0.790. The molecule has 0 aliphatic heterocycles. The van der Waals surface area contributed by atoms with Crippen LogP contribution in [0.3, 0.4) is 0 Å². The van der Waals surface area contributed by atoms with Crippen LogP contribution in [0.5, 0.6) is 0 Å². The molecule has 1 amide bonds. The Labute approximate surface area is 82.0 Å². The topological polar surface area (TPSA) is 29.4 Å². The molecule has 0 saturated carbocycles. The van der Waals surface area contributed by atoms with Gasteiger partial charge in [0.25, 0.3) is 0 Å². The fraction of sp³-hybridized carbons (Fsp3) is 0.333. The molecule has 0 N–H and O–H groups in total. The lowest BCUT2D eigenvalue weighted by atomic mass is 10.8. The molecule has 0 bridgehead atoms. The van der Waals surface area contributed by atoms with E-state index in [0.29, 0.717) is 0 Å². The van der Waals surface area contributed by atoms with E-state index < -0.39 is 14.3 Å². The van der Waals surface area contributed by atoms with Crippen molar-refractivity contribution in [3.63, 3.8) is 0 Å². The van der Waals surface area contributed by atoms with E-state index in [2.05, 4.69) is 4.99 Å². The summed E-state index contributed by atoms with van der Waals surface area (Å²) in [6.45, 7) is 0. The van der Waals surface area contributed by atoms with Crippen molar-refractivity contribution in [3.05, 3.63) is 0 Å². The Balaban J connectivity index is 4.35. The molecular weight excluding hydrogens is 243 g/mol. The number of rotatable bonds is 0. The third-order valence-corrected chi connectivity index (χ3v) is 1.70. The predicted octanol–water partition coefficient (Wildman–Crippen LogP) is 3.35. The summed E-state index contributed by atoms with van der Waals surface area (Å²) in [6.07, 6.45) is 0. The predicted molar refractivity (Wildman–Crippen MR) is 44.8 cm³/mol. The summed E-state index contributed by atoms with van der Waals surface area (Å²) < 4.78 is -1.88. The van der Waals surface area contributed by atoms with Crippen LogP contribution in [0.25, 0.3) is 0 Å². The molecule has 10 heavy (non-hydrogen) atoms. The molecular formula is C3Cl5NO. The number of halogens is 5. The maximum absolute atomic E-state index is 10.0. The molecule has 0 unspecified atom stereocenters. The van der Waals surface area contributed by atoms with Gasteiger partial charge in [-0.3, -0.25) is 4.79 Å². The molecule has 0 aromatic heterocycles. The van der Waals surface area contributed by atoms with Crippen LogP contribution in [0.2, 0.25) is 0 Å². The van der Waals surface area contributed by atoms with Gasteiger partial charge < -0.3 is 0 Å². The monoisotopic (exact) mass is 241 g/mol. The highest BCUT2D eigenvalue weighted by Gasteiger charge is 2.26. The van der Waals surface area contributed by atoms with E-state index in [9.17, 15) is 4.79 Å². The molecule has 0 fully saturated rings. The fourth-order valence-electron chi connectivity index (χ4n) is 0.141. The lowest BCUT2D eigenvalue weighted by Crippen LogP contribution is -2.13. The van der Waals surface area contributed by atoms with Gasteiger partial charge in [0.15, 0.2) is 5.17 Å². The van der Waals surface area contributed by atoms with E-state index in [0.717, 1.165) is 0 Å². The standard InChI is InChI=1S/C3Cl5NO/c4-1(3(6,7)8)9-2(5)10/b9-1-. The van der Waals surface area contributed by atoms with Crippen molar-refractivity contribution in [2.75, 3.05) is 0 Å². The summed E-state index contributed by atoms with van der Waals surface area (Å²) in [6, 6.07) is 0. The molecule has 0 rings (SSSR count). The van der Waals surface area contributed by atoms with Gasteiger partial charge in [0.2, 0.25) is 3.79 Å². The zero-order valence-electron chi connectivity index (χ0n) is 4.25. The van der Waals surface area contributed by atoms with Crippen molar-refractivity contribution in [1.29, 1.82) is 0 Å². The SMILES string of the molecule is O=C(Cl)/N=C(\Cl)C(Cl)(Cl)Cl. The van der Waals surface area contributed by atoms with Gasteiger partial charge in [0.1, 0.15) is 0 Å². The van der Waals surface area contributed by atoms with Crippen molar-refractivity contribution in [2.45, 2.75) is 3.79 Å². The average molecular weight is 243 g/mol. The van der Waals surface area contributed by atoms with Crippen LogP contribution in [-0.4, -0.2) is 14.3 Å². The first kappa shape index (κ1) is 10.8. The van der Waals surface area contributed by atoms with Crippen LogP contribution in [0.15, 0.2) is 4.99 Å². The van der Waals surface area contributed by atoms with Gasteiger partial charge in [-0.25, -0.2) is 0 Å². The molecule has 0 aliphatic carbocycles. The van der Waals surface area contributed by atoms with Crippen molar-refractivity contribution >= 4 is 68.5 Å². The van der Waals surface area contributed by atoms with Crippen molar-refractivity contribution in [3.8, 4) is 0 Å². The largest absolute Gasteiger partial charge is 0.340 e. The van der Waals surface area contributed by atoms with Crippen LogP contribution >= 0.6 is 58.0 Å². The summed E-state index contributed by atoms with van der Waals surface area (Å²) >= 11 is 25.5. The minimum atomic E-state index is -1.88. The number of aliphatic imine (C=N–C) groups is 1. The summed E-state index contributed by atoms with van der Waals surface area (Å²) in [7, 11) is 0. The second kappa shape index (κ2) is 3.98. The van der Waals surface area contributed by atoms with Gasteiger partial charge in [-0.15, -0.1) is 0 Å². The van der Waals surface area contributed by atoms with Crippen LogP contribution in [0, 0.1) is 0 Å². The molecule has 0 aromatic carbocycles. The first-order chi connectivity index (χ1) is 4.34. The van der Waals surface area contributed by atoms with E-state index in [1.807, 2.05) is 0 Å². The van der Waals surface area contributed by atoms with Crippen LogP contribution < -0.4 is 0 Å². The highest BCUT2D eigenvalue weighted by molar-refractivity contribution is 6.90. The number of hydrogen-bond donors (Lipinski definition) is 0. The fourth-order valence-corrected chi connectivity index (χ4v) is 0.472. The summed E-state index contributed by atoms with van der Waals surface area (Å²) in [5, 5.41) is -1.51. The maximum atomic E-state index is 10.0. The molecule has 0 heterocycles. The maximum Gasteiger partial charge on any atom is 0.340 e. The van der Waals surface area contributed by atoms with Gasteiger partial charge in [-0.2, -0.15) is 4.99 Å². The first-order valence-corrected chi connectivity index (χ1v) is 3.74. The summed E-state index contributed by atoms with van der Waals surface area (Å²) in [4.78, 5) is 13.0.